The number of nitrogens with two attached hydrogens (primary N) is 1. The first-order valence-corrected chi connectivity index (χ1v) is 8.04. The third-order valence-corrected chi connectivity index (χ3v) is 4.38. The topological polar surface area (TPSA) is 76.2 Å². The lowest BCUT2D eigenvalue weighted by atomic mass is 10.0. The van der Waals surface area contributed by atoms with Gasteiger partial charge < -0.3 is 10.8 Å². The number of halogens is 2. The fourth-order valence-electron chi connectivity index (χ4n) is 2.53. The summed E-state index contributed by atoms with van der Waals surface area (Å²) < 4.78 is 0. The zero-order chi connectivity index (χ0) is 17.3. The number of hydrogen-bond acceptors (Lipinski definition) is 3. The van der Waals surface area contributed by atoms with Crippen LogP contribution in [0.2, 0.25) is 10.0 Å². The Labute approximate surface area is 148 Å². The number of carbonyl (C=O) groups is 1. The van der Waals surface area contributed by atoms with Crippen LogP contribution in [-0.4, -0.2) is 22.1 Å². The predicted octanol–water partition coefficient (Wildman–Crippen LogP) is 4.16. The van der Waals surface area contributed by atoms with Crippen LogP contribution in [0.5, 0.6) is 0 Å². The summed E-state index contributed by atoms with van der Waals surface area (Å²) in [6.07, 6.45) is 0.267. The zero-order valence-corrected chi connectivity index (χ0v) is 14.1. The van der Waals surface area contributed by atoms with Gasteiger partial charge in [0, 0.05) is 10.9 Å². The van der Waals surface area contributed by atoms with Gasteiger partial charge in [-0.2, -0.15) is 0 Å². The molecule has 2 aromatic carbocycles. The molecule has 1 atom stereocenters. The Morgan fingerprint density at radius 1 is 1.12 bits per heavy atom. The molecule has 122 valence electrons. The number of carboxylic acid groups (broad SMARTS) is 1. The van der Waals surface area contributed by atoms with Gasteiger partial charge in [-0.05, 0) is 42.3 Å². The molecule has 6 heteroatoms. The molecule has 3 rings (SSSR count). The molecule has 0 spiro atoms. The highest BCUT2D eigenvalue weighted by molar-refractivity contribution is 6.39. The second-order valence-electron chi connectivity index (χ2n) is 5.47. The molecule has 3 aromatic rings. The van der Waals surface area contributed by atoms with Gasteiger partial charge in [-0.15, -0.1) is 0 Å². The SMILES string of the molecule is N[C@H](Cc1ccc2nc(-c3c(Cl)cccc3Cl)ccc2c1)C(=O)O. The van der Waals surface area contributed by atoms with E-state index >= 15 is 0 Å². The van der Waals surface area contributed by atoms with Gasteiger partial charge in [0.05, 0.1) is 21.3 Å². The van der Waals surface area contributed by atoms with Crippen molar-refractivity contribution in [3.63, 3.8) is 0 Å². The third-order valence-electron chi connectivity index (χ3n) is 3.75. The normalized spacial score (nSPS) is 12.3. The first-order chi connectivity index (χ1) is 11.5. The van der Waals surface area contributed by atoms with Crippen LogP contribution >= 0.6 is 23.2 Å². The molecule has 24 heavy (non-hydrogen) atoms. The van der Waals surface area contributed by atoms with E-state index in [0.29, 0.717) is 21.3 Å². The Balaban J connectivity index is 2.00. The summed E-state index contributed by atoms with van der Waals surface area (Å²) in [6.45, 7) is 0. The lowest BCUT2D eigenvalue weighted by Crippen LogP contribution is -2.32. The van der Waals surface area contributed by atoms with Gasteiger partial charge in [0.1, 0.15) is 6.04 Å². The van der Waals surface area contributed by atoms with Crippen molar-refractivity contribution in [1.82, 2.24) is 4.98 Å². The number of nitrogens with zero attached hydrogens (tertiary/aromatic N) is 1. The Kier molecular flexibility index (Phi) is 4.71. The van der Waals surface area contributed by atoms with Crippen LogP contribution in [0.3, 0.4) is 0 Å². The highest BCUT2D eigenvalue weighted by Crippen LogP contribution is 2.34. The minimum Gasteiger partial charge on any atom is -0.480 e. The fraction of sp³-hybridized carbons (Fsp3) is 0.111. The fourth-order valence-corrected chi connectivity index (χ4v) is 3.12. The molecule has 0 amide bonds. The van der Waals surface area contributed by atoms with Crippen LogP contribution in [0.25, 0.3) is 22.2 Å². The summed E-state index contributed by atoms with van der Waals surface area (Å²) in [7, 11) is 0. The molecule has 0 unspecified atom stereocenters. The molecule has 1 heterocycles. The average molecular weight is 361 g/mol. The van der Waals surface area contributed by atoms with Crippen molar-refractivity contribution in [2.75, 3.05) is 0 Å². The summed E-state index contributed by atoms with van der Waals surface area (Å²) in [5.41, 5.74) is 8.59. The van der Waals surface area contributed by atoms with Gasteiger partial charge in [-0.1, -0.05) is 41.4 Å². The third kappa shape index (κ3) is 3.36. The predicted molar refractivity (Wildman–Crippen MR) is 96.5 cm³/mol. The summed E-state index contributed by atoms with van der Waals surface area (Å²) in [5.74, 6) is -1.02. The molecule has 0 aliphatic heterocycles. The number of hydrogen-bond donors (Lipinski definition) is 2. The Morgan fingerprint density at radius 2 is 1.83 bits per heavy atom. The number of benzene rings is 2. The summed E-state index contributed by atoms with van der Waals surface area (Å²) in [5, 5.41) is 10.9. The lowest BCUT2D eigenvalue weighted by molar-refractivity contribution is -0.138. The van der Waals surface area contributed by atoms with Crippen molar-refractivity contribution in [3.8, 4) is 11.3 Å². The van der Waals surface area contributed by atoms with Crippen molar-refractivity contribution in [2.24, 2.45) is 5.73 Å². The highest BCUT2D eigenvalue weighted by Gasteiger charge is 2.13. The molecule has 0 saturated carbocycles. The molecular formula is C18H14Cl2N2O2. The quantitative estimate of drug-likeness (QED) is 0.732. The smallest absolute Gasteiger partial charge is 0.320 e. The molecule has 0 saturated heterocycles. The van der Waals surface area contributed by atoms with Crippen LogP contribution < -0.4 is 5.73 Å². The van der Waals surface area contributed by atoms with Crippen molar-refractivity contribution in [3.05, 3.63) is 64.1 Å². The van der Waals surface area contributed by atoms with Gasteiger partial charge in [0.2, 0.25) is 0 Å². The molecule has 0 bridgehead atoms. The highest BCUT2D eigenvalue weighted by atomic mass is 35.5. The van der Waals surface area contributed by atoms with E-state index in [4.69, 9.17) is 34.0 Å². The maximum Gasteiger partial charge on any atom is 0.320 e. The number of fused-ring (bicyclic) bond motifs is 1. The van der Waals surface area contributed by atoms with E-state index in [-0.39, 0.29) is 6.42 Å². The second-order valence-corrected chi connectivity index (χ2v) is 6.28. The lowest BCUT2D eigenvalue weighted by Gasteiger charge is -2.10. The average Bonchev–Trinajstić information content (AvgIpc) is 2.54. The van der Waals surface area contributed by atoms with Crippen LogP contribution in [0.15, 0.2) is 48.5 Å². The van der Waals surface area contributed by atoms with Crippen LogP contribution in [0, 0.1) is 0 Å². The van der Waals surface area contributed by atoms with Crippen molar-refractivity contribution in [2.45, 2.75) is 12.5 Å². The number of carboxylic acids is 1. The van der Waals surface area contributed by atoms with Crippen LogP contribution in [0.1, 0.15) is 5.56 Å². The van der Waals surface area contributed by atoms with Crippen molar-refractivity contribution < 1.29 is 9.90 Å². The second kappa shape index (κ2) is 6.77. The molecule has 0 radical (unpaired) electrons. The number of rotatable bonds is 4. The maximum atomic E-state index is 10.9. The molecule has 4 nitrogen and oxygen atoms in total. The summed E-state index contributed by atoms with van der Waals surface area (Å²) in [4.78, 5) is 15.5. The van der Waals surface area contributed by atoms with E-state index in [1.807, 2.05) is 30.3 Å². The molecule has 0 fully saturated rings. The minimum atomic E-state index is -1.02. The van der Waals surface area contributed by atoms with Gasteiger partial charge in [0.25, 0.3) is 0 Å². The minimum absolute atomic E-state index is 0.267. The van der Waals surface area contributed by atoms with Crippen molar-refractivity contribution in [1.29, 1.82) is 0 Å². The van der Waals surface area contributed by atoms with E-state index in [1.165, 1.54) is 0 Å². The molecule has 0 aliphatic carbocycles. The first kappa shape index (κ1) is 16.7. The molecule has 3 N–H and O–H groups in total. The largest absolute Gasteiger partial charge is 0.480 e. The number of aliphatic carboxylic acids is 1. The van der Waals surface area contributed by atoms with E-state index < -0.39 is 12.0 Å². The monoisotopic (exact) mass is 360 g/mol. The Bertz CT molecular complexity index is 908. The molecule has 1 aromatic heterocycles. The van der Waals surface area contributed by atoms with Gasteiger partial charge >= 0.3 is 5.97 Å². The van der Waals surface area contributed by atoms with Crippen LogP contribution in [0.4, 0.5) is 0 Å². The maximum absolute atomic E-state index is 10.9. The van der Waals surface area contributed by atoms with Gasteiger partial charge in [-0.3, -0.25) is 4.79 Å². The number of aromatic nitrogens is 1. The summed E-state index contributed by atoms with van der Waals surface area (Å²) in [6, 6.07) is 13.7. The molecule has 0 aliphatic rings. The van der Waals surface area contributed by atoms with Crippen LogP contribution in [-0.2, 0) is 11.2 Å². The van der Waals surface area contributed by atoms with E-state index in [9.17, 15) is 4.79 Å². The Morgan fingerprint density at radius 3 is 2.50 bits per heavy atom. The zero-order valence-electron chi connectivity index (χ0n) is 12.5. The van der Waals surface area contributed by atoms with E-state index in [1.54, 1.807) is 18.2 Å². The first-order valence-electron chi connectivity index (χ1n) is 7.28. The summed E-state index contributed by atoms with van der Waals surface area (Å²) >= 11 is 12.5. The van der Waals surface area contributed by atoms with E-state index in [2.05, 4.69) is 4.98 Å². The van der Waals surface area contributed by atoms with E-state index in [0.717, 1.165) is 16.5 Å². The van der Waals surface area contributed by atoms with Gasteiger partial charge in [-0.25, -0.2) is 4.98 Å². The number of pyridine rings is 1. The Hall–Kier alpha value is -2.14. The molecular weight excluding hydrogens is 347 g/mol. The standard InChI is InChI=1S/C18H14Cl2N2O2/c19-12-2-1-3-13(20)17(12)16-7-5-11-8-10(4-6-15(11)22-16)9-14(21)18(23)24/h1-8,14H,9,21H2,(H,23,24)/t14-/m1/s1. The van der Waals surface area contributed by atoms with Gasteiger partial charge in [0.15, 0.2) is 0 Å². The van der Waals surface area contributed by atoms with Crippen molar-refractivity contribution >= 4 is 40.1 Å².